The van der Waals surface area contributed by atoms with Gasteiger partial charge >= 0.3 is 6.61 Å². The minimum Gasteiger partial charge on any atom is -0.434 e. The van der Waals surface area contributed by atoms with Crippen LogP contribution in [0.4, 0.5) is 13.2 Å². The number of halogens is 3. The van der Waals surface area contributed by atoms with Crippen LogP contribution in [-0.4, -0.2) is 31.0 Å². The van der Waals surface area contributed by atoms with E-state index in [0.29, 0.717) is 29.6 Å². The Labute approximate surface area is 192 Å². The van der Waals surface area contributed by atoms with Gasteiger partial charge in [-0.05, 0) is 38.5 Å². The molecule has 7 nitrogen and oxygen atoms in total. The second-order valence-corrected chi connectivity index (χ2v) is 8.70. The summed E-state index contributed by atoms with van der Waals surface area (Å²) >= 11 is 0. The fourth-order valence-corrected chi connectivity index (χ4v) is 4.45. The molecule has 0 saturated carbocycles. The van der Waals surface area contributed by atoms with Gasteiger partial charge in [-0.15, -0.1) is 0 Å². The van der Waals surface area contributed by atoms with Gasteiger partial charge in [0.1, 0.15) is 17.2 Å². The monoisotopic (exact) mass is 470 g/mol. The highest BCUT2D eigenvalue weighted by Gasteiger charge is 2.31. The first-order valence-corrected chi connectivity index (χ1v) is 10.7. The molecule has 0 fully saturated rings. The minimum absolute atomic E-state index is 0.0307. The van der Waals surface area contributed by atoms with Crippen LogP contribution in [0.1, 0.15) is 37.7 Å². The van der Waals surface area contributed by atoms with Crippen LogP contribution in [0.2, 0.25) is 0 Å². The Balaban J connectivity index is 1.66. The van der Waals surface area contributed by atoms with Gasteiger partial charge in [-0.25, -0.2) is 19.0 Å². The molecule has 1 aliphatic rings. The van der Waals surface area contributed by atoms with Gasteiger partial charge in [0.25, 0.3) is 5.56 Å². The van der Waals surface area contributed by atoms with E-state index in [9.17, 15) is 18.7 Å². The molecule has 2 aromatic heterocycles. The first-order valence-electron chi connectivity index (χ1n) is 10.7. The average molecular weight is 470 g/mol. The molecule has 0 bridgehead atoms. The number of benzene rings is 2. The Kier molecular flexibility index (Phi) is 5.20. The molecule has 2 aromatic carbocycles. The Hall–Kier alpha value is -3.66. The van der Waals surface area contributed by atoms with E-state index in [1.165, 1.54) is 29.2 Å². The highest BCUT2D eigenvalue weighted by Crippen LogP contribution is 2.38. The van der Waals surface area contributed by atoms with E-state index in [1.807, 2.05) is 0 Å². The van der Waals surface area contributed by atoms with Crippen molar-refractivity contribution in [2.45, 2.75) is 45.1 Å². The predicted molar refractivity (Wildman–Crippen MR) is 118 cm³/mol. The van der Waals surface area contributed by atoms with Crippen molar-refractivity contribution >= 4 is 10.9 Å². The summed E-state index contributed by atoms with van der Waals surface area (Å²) in [5.74, 6) is -0.398. The van der Waals surface area contributed by atoms with Crippen LogP contribution in [-0.2, 0) is 12.1 Å². The molecule has 1 N–H and O–H groups in total. The molecule has 0 unspecified atom stereocenters. The second-order valence-electron chi connectivity index (χ2n) is 8.70. The van der Waals surface area contributed by atoms with Crippen LogP contribution >= 0.6 is 0 Å². The average Bonchev–Trinajstić information content (AvgIpc) is 3.32. The Morgan fingerprint density at radius 2 is 1.88 bits per heavy atom. The number of para-hydroxylation sites is 1. The lowest BCUT2D eigenvalue weighted by molar-refractivity contribution is -0.0507. The first-order chi connectivity index (χ1) is 16.1. The second kappa shape index (κ2) is 7.98. The van der Waals surface area contributed by atoms with Crippen molar-refractivity contribution in [3.05, 3.63) is 76.4 Å². The van der Waals surface area contributed by atoms with Crippen LogP contribution in [0.3, 0.4) is 0 Å². The zero-order valence-electron chi connectivity index (χ0n) is 18.4. The highest BCUT2D eigenvalue weighted by atomic mass is 19.3. The number of aliphatic hydroxyl groups is 1. The SMILES string of the molecule is CC(C)(O)c1ncc(-c2cc3c(cc2F)c(=O)n2n3[C@H](c3ccccc3OC(F)F)CC2)cn1. The number of hydrogen-bond acceptors (Lipinski definition) is 5. The molecule has 0 saturated heterocycles. The van der Waals surface area contributed by atoms with Gasteiger partial charge < -0.3 is 9.84 Å². The van der Waals surface area contributed by atoms with Crippen LogP contribution in [0.5, 0.6) is 5.75 Å². The van der Waals surface area contributed by atoms with Crippen LogP contribution < -0.4 is 10.3 Å². The third-order valence-corrected chi connectivity index (χ3v) is 5.97. The van der Waals surface area contributed by atoms with Gasteiger partial charge in [0.15, 0.2) is 5.82 Å². The molecule has 1 aliphatic heterocycles. The lowest BCUT2D eigenvalue weighted by atomic mass is 10.0. The van der Waals surface area contributed by atoms with Gasteiger partial charge in [-0.3, -0.25) is 9.48 Å². The lowest BCUT2D eigenvalue weighted by Gasteiger charge is -2.18. The smallest absolute Gasteiger partial charge is 0.387 e. The summed E-state index contributed by atoms with van der Waals surface area (Å²) in [6.07, 6.45) is 3.31. The quantitative estimate of drug-likeness (QED) is 0.472. The number of ether oxygens (including phenoxy) is 1. The molecular formula is C24H21F3N4O3. The number of nitrogens with zero attached hydrogens (tertiary/aromatic N) is 4. The van der Waals surface area contributed by atoms with Crippen molar-refractivity contribution in [3.8, 4) is 16.9 Å². The molecular weight excluding hydrogens is 449 g/mol. The van der Waals surface area contributed by atoms with Crippen molar-refractivity contribution in [2.24, 2.45) is 0 Å². The summed E-state index contributed by atoms with van der Waals surface area (Å²) in [6, 6.07) is 8.72. The van der Waals surface area contributed by atoms with Gasteiger partial charge in [0.2, 0.25) is 0 Å². The summed E-state index contributed by atoms with van der Waals surface area (Å²) in [5.41, 5.74) is -0.0889. The van der Waals surface area contributed by atoms with E-state index in [1.54, 1.807) is 42.8 Å². The van der Waals surface area contributed by atoms with Crippen molar-refractivity contribution < 1.29 is 23.0 Å². The summed E-state index contributed by atoms with van der Waals surface area (Å²) in [6.45, 7) is 0.447. The molecule has 1 atom stereocenters. The molecule has 0 aliphatic carbocycles. The third-order valence-electron chi connectivity index (χ3n) is 5.97. The molecule has 3 heterocycles. The maximum absolute atomic E-state index is 15.0. The summed E-state index contributed by atoms with van der Waals surface area (Å²) in [5, 5.41) is 10.3. The van der Waals surface area contributed by atoms with Crippen LogP contribution in [0.25, 0.3) is 22.0 Å². The largest absolute Gasteiger partial charge is 0.434 e. The van der Waals surface area contributed by atoms with Crippen molar-refractivity contribution in [2.75, 3.05) is 0 Å². The van der Waals surface area contributed by atoms with Crippen molar-refractivity contribution in [3.63, 3.8) is 0 Å². The zero-order valence-corrected chi connectivity index (χ0v) is 18.4. The number of rotatable bonds is 5. The van der Waals surface area contributed by atoms with Gasteiger partial charge in [0.05, 0.1) is 16.9 Å². The zero-order chi connectivity index (χ0) is 24.2. The molecule has 5 rings (SSSR count). The van der Waals surface area contributed by atoms with Gasteiger partial charge in [0, 0.05) is 35.6 Å². The lowest BCUT2D eigenvalue weighted by Crippen LogP contribution is -2.19. The number of hydrogen-bond donors (Lipinski definition) is 1. The third kappa shape index (κ3) is 3.63. The fourth-order valence-electron chi connectivity index (χ4n) is 4.45. The Morgan fingerprint density at radius 3 is 2.56 bits per heavy atom. The van der Waals surface area contributed by atoms with E-state index in [0.717, 1.165) is 0 Å². The van der Waals surface area contributed by atoms with E-state index in [4.69, 9.17) is 4.74 Å². The summed E-state index contributed by atoms with van der Waals surface area (Å²) < 4.78 is 48.9. The standard InChI is InChI=1S/C24H21F3N4O3/c1-24(2,33)22-28-11-13(12-29-22)15-10-19-16(9-17(15)25)21(32)30-8-7-18(31(19)30)14-5-3-4-6-20(14)34-23(26)27/h3-6,9-12,18,23,33H,7-8H2,1-2H3/t18-/m0/s1. The molecule has 34 heavy (non-hydrogen) atoms. The predicted octanol–water partition coefficient (Wildman–Crippen LogP) is 4.22. The normalized spacial score (nSPS) is 15.8. The van der Waals surface area contributed by atoms with Crippen LogP contribution in [0.15, 0.2) is 53.6 Å². The molecule has 0 radical (unpaired) electrons. The number of alkyl halides is 2. The summed E-state index contributed by atoms with van der Waals surface area (Å²) in [7, 11) is 0. The number of aromatic nitrogens is 4. The van der Waals surface area contributed by atoms with Gasteiger partial charge in [-0.1, -0.05) is 18.2 Å². The maximum atomic E-state index is 15.0. The molecule has 10 heteroatoms. The summed E-state index contributed by atoms with van der Waals surface area (Å²) in [4.78, 5) is 21.3. The van der Waals surface area contributed by atoms with E-state index >= 15 is 4.39 Å². The molecule has 176 valence electrons. The van der Waals surface area contributed by atoms with Crippen molar-refractivity contribution in [1.29, 1.82) is 0 Å². The topological polar surface area (TPSA) is 82.2 Å². The first kappa shape index (κ1) is 22.1. The van der Waals surface area contributed by atoms with Crippen LogP contribution in [0, 0.1) is 5.82 Å². The van der Waals surface area contributed by atoms with Crippen molar-refractivity contribution in [1.82, 2.24) is 19.3 Å². The minimum atomic E-state index is -2.99. The molecule has 0 spiro atoms. The molecule has 4 aromatic rings. The Bertz CT molecular complexity index is 1440. The van der Waals surface area contributed by atoms with E-state index in [2.05, 4.69) is 9.97 Å². The van der Waals surface area contributed by atoms with Gasteiger partial charge in [-0.2, -0.15) is 8.78 Å². The molecule has 0 amide bonds. The fraction of sp³-hybridized carbons (Fsp3) is 0.292. The Morgan fingerprint density at radius 1 is 1.18 bits per heavy atom. The van der Waals surface area contributed by atoms with E-state index in [-0.39, 0.29) is 28.1 Å². The maximum Gasteiger partial charge on any atom is 0.387 e. The highest BCUT2D eigenvalue weighted by molar-refractivity contribution is 5.85. The number of fused-ring (bicyclic) bond motifs is 3. The van der Waals surface area contributed by atoms with E-state index < -0.39 is 24.1 Å².